The summed E-state index contributed by atoms with van der Waals surface area (Å²) in [7, 11) is 0. The highest BCUT2D eigenvalue weighted by molar-refractivity contribution is 5.82. The Balaban J connectivity index is 1.62. The Bertz CT molecular complexity index is 775. The maximum Gasteiger partial charge on any atom is 0.269 e. The number of nitrogens with one attached hydrogen (secondary N) is 1. The lowest BCUT2D eigenvalue weighted by molar-refractivity contribution is -0.384. The first-order valence-corrected chi connectivity index (χ1v) is 11.0. The number of nitrogens with zero attached hydrogens (tertiary/aromatic N) is 3. The maximum atomic E-state index is 13.1. The third-order valence-corrected chi connectivity index (χ3v) is 6.80. The van der Waals surface area contributed by atoms with E-state index in [1.165, 1.54) is 25.7 Å². The van der Waals surface area contributed by atoms with Gasteiger partial charge in [0.1, 0.15) is 0 Å². The number of hydrogen-bond acceptors (Lipinski definition) is 5. The first kappa shape index (κ1) is 20.1. The maximum absolute atomic E-state index is 13.1. The lowest BCUT2D eigenvalue weighted by atomic mass is 9.82. The van der Waals surface area contributed by atoms with Crippen LogP contribution in [0.5, 0.6) is 0 Å². The number of hydrogen-bond donors (Lipinski definition) is 1. The molecule has 7 nitrogen and oxygen atoms in total. The van der Waals surface area contributed by atoms with Crippen molar-refractivity contribution in [3.63, 3.8) is 0 Å². The van der Waals surface area contributed by atoms with Crippen LogP contribution in [0.2, 0.25) is 0 Å². The molecule has 2 heterocycles. The number of carbonyl (C=O) groups excluding carboxylic acids is 1. The fraction of sp³-hybridized carbons (Fsp3) is 0.682. The average molecular weight is 401 g/mol. The SMILES string of the molecule is CC(C)CNC(=O)[C@@H]1Cc2cc([N+](=O)[O-])ccc2N2CCN(C3CCCC3)C[C@@H]12. The van der Waals surface area contributed by atoms with Crippen molar-refractivity contribution in [3.05, 3.63) is 33.9 Å². The summed E-state index contributed by atoms with van der Waals surface area (Å²) in [5, 5.41) is 14.4. The highest BCUT2D eigenvalue weighted by Gasteiger charge is 2.43. The minimum Gasteiger partial charge on any atom is -0.365 e. The monoisotopic (exact) mass is 400 g/mol. The van der Waals surface area contributed by atoms with Gasteiger partial charge in [-0.3, -0.25) is 19.8 Å². The van der Waals surface area contributed by atoms with Crippen LogP contribution >= 0.6 is 0 Å². The van der Waals surface area contributed by atoms with Crippen LogP contribution in [0.4, 0.5) is 11.4 Å². The Kier molecular flexibility index (Phi) is 5.76. The number of anilines is 1. The van der Waals surface area contributed by atoms with Gasteiger partial charge < -0.3 is 10.2 Å². The minimum atomic E-state index is -0.349. The molecular weight excluding hydrogens is 368 g/mol. The predicted molar refractivity (Wildman–Crippen MR) is 113 cm³/mol. The van der Waals surface area contributed by atoms with Crippen LogP contribution in [0, 0.1) is 22.0 Å². The molecule has 7 heteroatoms. The summed E-state index contributed by atoms with van der Waals surface area (Å²) in [6, 6.07) is 5.92. The molecule has 2 fully saturated rings. The van der Waals surface area contributed by atoms with Crippen LogP contribution in [-0.4, -0.2) is 54.0 Å². The molecule has 1 saturated heterocycles. The van der Waals surface area contributed by atoms with Gasteiger partial charge in [0.25, 0.3) is 5.69 Å². The van der Waals surface area contributed by atoms with E-state index < -0.39 is 0 Å². The number of benzene rings is 1. The molecule has 0 aromatic heterocycles. The summed E-state index contributed by atoms with van der Waals surface area (Å²) >= 11 is 0. The fourth-order valence-electron chi connectivity index (χ4n) is 5.28. The highest BCUT2D eigenvalue weighted by atomic mass is 16.6. The number of piperazine rings is 1. The lowest BCUT2D eigenvalue weighted by Crippen LogP contribution is -2.62. The normalized spacial score (nSPS) is 25.0. The van der Waals surface area contributed by atoms with Crippen LogP contribution in [0.25, 0.3) is 0 Å². The zero-order chi connectivity index (χ0) is 20.5. The van der Waals surface area contributed by atoms with Crippen molar-refractivity contribution in [3.8, 4) is 0 Å². The second kappa shape index (κ2) is 8.30. The lowest BCUT2D eigenvalue weighted by Gasteiger charge is -2.50. The fourth-order valence-corrected chi connectivity index (χ4v) is 5.28. The summed E-state index contributed by atoms with van der Waals surface area (Å²) in [5.41, 5.74) is 2.10. The van der Waals surface area contributed by atoms with Gasteiger partial charge in [-0.15, -0.1) is 0 Å². The van der Waals surface area contributed by atoms with E-state index in [1.54, 1.807) is 12.1 Å². The molecule has 29 heavy (non-hydrogen) atoms. The Hall–Kier alpha value is -2.15. The predicted octanol–water partition coefficient (Wildman–Crippen LogP) is 2.97. The van der Waals surface area contributed by atoms with Gasteiger partial charge in [-0.2, -0.15) is 0 Å². The van der Waals surface area contributed by atoms with E-state index in [9.17, 15) is 14.9 Å². The molecule has 2 aliphatic heterocycles. The largest absolute Gasteiger partial charge is 0.365 e. The van der Waals surface area contributed by atoms with Crippen LogP contribution in [0.1, 0.15) is 45.1 Å². The molecule has 0 bridgehead atoms. The highest BCUT2D eigenvalue weighted by Crippen LogP contribution is 2.39. The van der Waals surface area contributed by atoms with Crippen molar-refractivity contribution in [2.45, 2.75) is 58.0 Å². The van der Waals surface area contributed by atoms with E-state index in [2.05, 4.69) is 29.0 Å². The molecule has 3 aliphatic rings. The topological polar surface area (TPSA) is 78.7 Å². The third kappa shape index (κ3) is 4.10. The van der Waals surface area contributed by atoms with Gasteiger partial charge in [0.2, 0.25) is 5.91 Å². The van der Waals surface area contributed by atoms with Gasteiger partial charge in [0.05, 0.1) is 16.9 Å². The number of carbonyl (C=O) groups is 1. The number of rotatable bonds is 5. The molecule has 1 aliphatic carbocycles. The Morgan fingerprint density at radius 3 is 2.72 bits per heavy atom. The Morgan fingerprint density at radius 1 is 1.28 bits per heavy atom. The zero-order valence-electron chi connectivity index (χ0n) is 17.5. The minimum absolute atomic E-state index is 0.0825. The van der Waals surface area contributed by atoms with Gasteiger partial charge >= 0.3 is 0 Å². The van der Waals surface area contributed by atoms with Crippen LogP contribution in [-0.2, 0) is 11.2 Å². The van der Waals surface area contributed by atoms with Crippen molar-refractivity contribution in [1.82, 2.24) is 10.2 Å². The molecule has 4 rings (SSSR count). The number of nitro benzene ring substituents is 1. The smallest absolute Gasteiger partial charge is 0.269 e. The number of fused-ring (bicyclic) bond motifs is 3. The quantitative estimate of drug-likeness (QED) is 0.607. The first-order chi connectivity index (χ1) is 13.9. The summed E-state index contributed by atoms with van der Waals surface area (Å²) in [6.45, 7) is 7.62. The van der Waals surface area contributed by atoms with Crippen molar-refractivity contribution >= 4 is 17.3 Å². The van der Waals surface area contributed by atoms with E-state index in [-0.39, 0.29) is 28.5 Å². The summed E-state index contributed by atoms with van der Waals surface area (Å²) in [5.74, 6) is 0.306. The summed E-state index contributed by atoms with van der Waals surface area (Å²) < 4.78 is 0. The van der Waals surface area contributed by atoms with Crippen LogP contribution in [0.3, 0.4) is 0 Å². The second-order valence-corrected chi connectivity index (χ2v) is 9.21. The number of amides is 1. The van der Waals surface area contributed by atoms with Crippen molar-refractivity contribution in [2.24, 2.45) is 11.8 Å². The molecule has 158 valence electrons. The Labute approximate surface area is 172 Å². The third-order valence-electron chi connectivity index (χ3n) is 6.80. The Morgan fingerprint density at radius 2 is 2.03 bits per heavy atom. The van der Waals surface area contributed by atoms with Gasteiger partial charge in [0.15, 0.2) is 0 Å². The molecule has 1 saturated carbocycles. The van der Waals surface area contributed by atoms with Crippen LogP contribution < -0.4 is 10.2 Å². The van der Waals surface area contributed by atoms with Crippen molar-refractivity contribution in [2.75, 3.05) is 31.1 Å². The molecule has 0 radical (unpaired) electrons. The van der Waals surface area contributed by atoms with Gasteiger partial charge in [-0.1, -0.05) is 26.7 Å². The second-order valence-electron chi connectivity index (χ2n) is 9.21. The van der Waals surface area contributed by atoms with Gasteiger partial charge in [-0.25, -0.2) is 0 Å². The molecular formula is C22H32N4O3. The average Bonchev–Trinajstić information content (AvgIpc) is 3.25. The molecule has 2 atom stereocenters. The molecule has 1 amide bonds. The first-order valence-electron chi connectivity index (χ1n) is 11.0. The molecule has 0 spiro atoms. The molecule has 1 N–H and O–H groups in total. The van der Waals surface area contributed by atoms with Gasteiger partial charge in [-0.05, 0) is 36.8 Å². The number of nitro groups is 1. The van der Waals surface area contributed by atoms with Gasteiger partial charge in [0, 0.05) is 50.0 Å². The van der Waals surface area contributed by atoms with Crippen molar-refractivity contribution < 1.29 is 9.72 Å². The van der Waals surface area contributed by atoms with E-state index in [1.807, 2.05) is 6.07 Å². The van der Waals surface area contributed by atoms with Crippen molar-refractivity contribution in [1.29, 1.82) is 0 Å². The number of non-ortho nitro benzene ring substituents is 1. The standard InChI is InChI=1S/C22H32N4O3/c1-15(2)13-23-22(27)19-12-16-11-18(26(28)29)7-8-20(16)25-10-9-24(14-21(19)25)17-5-3-4-6-17/h7-8,11,15,17,19,21H,3-6,9-10,12-14H2,1-2H3,(H,23,27)/t19-,21+/m1/s1. The summed E-state index contributed by atoms with van der Waals surface area (Å²) in [6.07, 6.45) is 5.71. The van der Waals surface area contributed by atoms with E-state index in [0.717, 1.165) is 30.9 Å². The molecule has 1 aromatic carbocycles. The van der Waals surface area contributed by atoms with E-state index >= 15 is 0 Å². The van der Waals surface area contributed by atoms with E-state index in [4.69, 9.17) is 0 Å². The molecule has 0 unspecified atom stereocenters. The summed E-state index contributed by atoms with van der Waals surface area (Å²) in [4.78, 5) is 29.0. The van der Waals surface area contributed by atoms with E-state index in [0.29, 0.717) is 24.9 Å². The van der Waals surface area contributed by atoms with Crippen LogP contribution in [0.15, 0.2) is 18.2 Å². The molecule has 1 aromatic rings. The zero-order valence-corrected chi connectivity index (χ0v) is 17.5.